The predicted octanol–water partition coefficient (Wildman–Crippen LogP) is 2.99. The second kappa shape index (κ2) is 7.43. The molecule has 1 aromatic carbocycles. The van der Waals surface area contributed by atoms with Crippen molar-refractivity contribution in [1.82, 2.24) is 15.1 Å². The number of rotatable bonds is 6. The Labute approximate surface area is 132 Å². The van der Waals surface area contributed by atoms with Gasteiger partial charge in [0, 0.05) is 25.2 Å². The van der Waals surface area contributed by atoms with Gasteiger partial charge in [-0.3, -0.25) is 5.10 Å². The molecule has 0 aliphatic rings. The van der Waals surface area contributed by atoms with Gasteiger partial charge >= 0.3 is 6.18 Å². The van der Waals surface area contributed by atoms with Gasteiger partial charge in [-0.15, -0.1) is 0 Å². The van der Waals surface area contributed by atoms with E-state index in [0.717, 1.165) is 29.9 Å². The first-order valence-electron chi connectivity index (χ1n) is 7.16. The summed E-state index contributed by atoms with van der Waals surface area (Å²) in [4.78, 5) is 2.07. The number of aromatic amines is 1. The standard InChI is InChI=1S/C16H19F3N4/c1-23(9-8-20)11-13-10-21-22-15(13)7-4-12-2-5-14(6-3-12)16(17,18)19/h2-7,10H,8-9,11,20H2,1H3,(H,21,22)/b7-4+. The Balaban J connectivity index is 2.07. The number of likely N-dealkylation sites (N-methyl/N-ethyl adjacent to an activating group) is 1. The van der Waals surface area contributed by atoms with Crippen LogP contribution < -0.4 is 5.73 Å². The van der Waals surface area contributed by atoms with Gasteiger partial charge in [0.1, 0.15) is 0 Å². The van der Waals surface area contributed by atoms with Crippen molar-refractivity contribution in [2.24, 2.45) is 5.73 Å². The summed E-state index contributed by atoms with van der Waals surface area (Å²) >= 11 is 0. The van der Waals surface area contributed by atoms with Crippen LogP contribution in [0.25, 0.3) is 12.2 Å². The van der Waals surface area contributed by atoms with Gasteiger partial charge in [0.05, 0.1) is 17.5 Å². The lowest BCUT2D eigenvalue weighted by Gasteiger charge is -2.14. The van der Waals surface area contributed by atoms with Gasteiger partial charge in [0.2, 0.25) is 0 Å². The summed E-state index contributed by atoms with van der Waals surface area (Å²) in [5.74, 6) is 0. The third kappa shape index (κ3) is 4.94. The molecule has 0 saturated heterocycles. The molecule has 2 aromatic rings. The molecule has 7 heteroatoms. The summed E-state index contributed by atoms with van der Waals surface area (Å²) in [6.07, 6.45) is 0.979. The van der Waals surface area contributed by atoms with Crippen LogP contribution in [0.15, 0.2) is 30.5 Å². The maximum atomic E-state index is 12.5. The number of aromatic nitrogens is 2. The Kier molecular flexibility index (Phi) is 5.57. The van der Waals surface area contributed by atoms with Crippen molar-refractivity contribution in [3.63, 3.8) is 0 Å². The van der Waals surface area contributed by atoms with Gasteiger partial charge in [0.15, 0.2) is 0 Å². The van der Waals surface area contributed by atoms with Crippen LogP contribution in [0.1, 0.15) is 22.4 Å². The van der Waals surface area contributed by atoms with Gasteiger partial charge in [-0.1, -0.05) is 18.2 Å². The Morgan fingerprint density at radius 2 is 1.91 bits per heavy atom. The number of nitrogens with one attached hydrogen (secondary N) is 1. The molecular formula is C16H19F3N4. The topological polar surface area (TPSA) is 57.9 Å². The lowest BCUT2D eigenvalue weighted by Crippen LogP contribution is -2.25. The minimum atomic E-state index is -4.31. The molecule has 0 amide bonds. The SMILES string of the molecule is CN(CCN)Cc1cn[nH]c1/C=C/c1ccc(C(F)(F)F)cc1. The second-order valence-electron chi connectivity index (χ2n) is 5.29. The Hall–Kier alpha value is -2.12. The lowest BCUT2D eigenvalue weighted by atomic mass is 10.1. The largest absolute Gasteiger partial charge is 0.416 e. The molecule has 1 heterocycles. The van der Waals surface area contributed by atoms with Crippen LogP contribution in [0, 0.1) is 0 Å². The third-order valence-electron chi connectivity index (χ3n) is 3.38. The van der Waals surface area contributed by atoms with E-state index in [1.165, 1.54) is 12.1 Å². The molecule has 23 heavy (non-hydrogen) atoms. The zero-order valence-corrected chi connectivity index (χ0v) is 12.8. The highest BCUT2D eigenvalue weighted by atomic mass is 19.4. The van der Waals surface area contributed by atoms with Crippen molar-refractivity contribution in [3.05, 3.63) is 52.8 Å². The molecule has 0 fully saturated rings. The van der Waals surface area contributed by atoms with Crippen LogP contribution in [0.5, 0.6) is 0 Å². The summed E-state index contributed by atoms with van der Waals surface area (Å²) < 4.78 is 37.6. The van der Waals surface area contributed by atoms with E-state index < -0.39 is 11.7 Å². The predicted molar refractivity (Wildman–Crippen MR) is 84.3 cm³/mol. The molecule has 0 aliphatic heterocycles. The van der Waals surface area contributed by atoms with Crippen molar-refractivity contribution in [2.45, 2.75) is 12.7 Å². The van der Waals surface area contributed by atoms with Gasteiger partial charge in [-0.2, -0.15) is 18.3 Å². The average Bonchev–Trinajstić information content (AvgIpc) is 2.92. The minimum absolute atomic E-state index is 0.574. The summed E-state index contributed by atoms with van der Waals surface area (Å²) in [5.41, 5.74) is 7.38. The summed E-state index contributed by atoms with van der Waals surface area (Å²) in [5, 5.41) is 6.90. The van der Waals surface area contributed by atoms with E-state index in [1.54, 1.807) is 18.3 Å². The number of benzene rings is 1. The van der Waals surface area contributed by atoms with E-state index >= 15 is 0 Å². The van der Waals surface area contributed by atoms with Crippen molar-refractivity contribution in [2.75, 3.05) is 20.1 Å². The Morgan fingerprint density at radius 1 is 1.22 bits per heavy atom. The molecule has 1 aromatic heterocycles. The van der Waals surface area contributed by atoms with Gasteiger partial charge in [-0.25, -0.2) is 0 Å². The molecule has 124 valence electrons. The number of hydrogen-bond donors (Lipinski definition) is 2. The molecule has 0 radical (unpaired) electrons. The first-order chi connectivity index (χ1) is 10.9. The van der Waals surface area contributed by atoms with Crippen LogP contribution in [0.2, 0.25) is 0 Å². The highest BCUT2D eigenvalue weighted by Crippen LogP contribution is 2.29. The van der Waals surface area contributed by atoms with E-state index in [2.05, 4.69) is 15.1 Å². The fourth-order valence-corrected chi connectivity index (χ4v) is 2.14. The van der Waals surface area contributed by atoms with E-state index in [4.69, 9.17) is 5.73 Å². The van der Waals surface area contributed by atoms with Gasteiger partial charge in [-0.05, 0) is 30.8 Å². The smallest absolute Gasteiger partial charge is 0.329 e. The second-order valence-corrected chi connectivity index (χ2v) is 5.29. The van der Waals surface area contributed by atoms with Gasteiger partial charge in [0.25, 0.3) is 0 Å². The molecule has 0 spiro atoms. The third-order valence-corrected chi connectivity index (χ3v) is 3.38. The van der Waals surface area contributed by atoms with Gasteiger partial charge < -0.3 is 10.6 Å². The van der Waals surface area contributed by atoms with E-state index in [9.17, 15) is 13.2 Å². The first-order valence-corrected chi connectivity index (χ1v) is 7.16. The summed E-state index contributed by atoms with van der Waals surface area (Å²) in [7, 11) is 1.96. The molecule has 0 atom stereocenters. The molecule has 0 saturated carbocycles. The minimum Gasteiger partial charge on any atom is -0.329 e. The van der Waals surface area contributed by atoms with Crippen LogP contribution in [0.3, 0.4) is 0 Å². The summed E-state index contributed by atoms with van der Waals surface area (Å²) in [6.45, 7) is 2.04. The van der Waals surface area contributed by atoms with Crippen LogP contribution in [-0.4, -0.2) is 35.2 Å². The van der Waals surface area contributed by atoms with Crippen molar-refractivity contribution >= 4 is 12.2 Å². The fourth-order valence-electron chi connectivity index (χ4n) is 2.14. The van der Waals surface area contributed by atoms with Crippen LogP contribution in [-0.2, 0) is 12.7 Å². The fraction of sp³-hybridized carbons (Fsp3) is 0.312. The zero-order chi connectivity index (χ0) is 16.9. The summed E-state index contributed by atoms with van der Waals surface area (Å²) in [6, 6.07) is 5.02. The van der Waals surface area contributed by atoms with Crippen molar-refractivity contribution in [1.29, 1.82) is 0 Å². The van der Waals surface area contributed by atoms with E-state index in [0.29, 0.717) is 18.7 Å². The van der Waals surface area contributed by atoms with Crippen LogP contribution in [0.4, 0.5) is 13.2 Å². The monoisotopic (exact) mass is 324 g/mol. The van der Waals surface area contributed by atoms with E-state index in [-0.39, 0.29) is 0 Å². The maximum Gasteiger partial charge on any atom is 0.416 e. The highest BCUT2D eigenvalue weighted by molar-refractivity contribution is 5.69. The Morgan fingerprint density at radius 3 is 2.52 bits per heavy atom. The molecule has 0 bridgehead atoms. The molecular weight excluding hydrogens is 305 g/mol. The van der Waals surface area contributed by atoms with E-state index in [1.807, 2.05) is 7.05 Å². The number of halogens is 3. The normalized spacial score (nSPS) is 12.4. The van der Waals surface area contributed by atoms with Crippen molar-refractivity contribution in [3.8, 4) is 0 Å². The zero-order valence-electron chi connectivity index (χ0n) is 12.8. The number of hydrogen-bond acceptors (Lipinski definition) is 3. The molecule has 0 aliphatic carbocycles. The number of nitrogens with two attached hydrogens (primary N) is 1. The highest BCUT2D eigenvalue weighted by Gasteiger charge is 2.29. The molecule has 2 rings (SSSR count). The van der Waals surface area contributed by atoms with Crippen molar-refractivity contribution < 1.29 is 13.2 Å². The molecule has 4 nitrogen and oxygen atoms in total. The molecule has 0 unspecified atom stereocenters. The van der Waals surface area contributed by atoms with Crippen LogP contribution >= 0.6 is 0 Å². The quantitative estimate of drug-likeness (QED) is 0.859. The lowest BCUT2D eigenvalue weighted by molar-refractivity contribution is -0.137. The average molecular weight is 324 g/mol. The number of alkyl halides is 3. The number of nitrogens with zero attached hydrogens (tertiary/aromatic N) is 2. The molecule has 3 N–H and O–H groups in total. The Bertz CT molecular complexity index is 644. The maximum absolute atomic E-state index is 12.5. The first kappa shape index (κ1) is 17.2. The number of H-pyrrole nitrogens is 1.